The van der Waals surface area contributed by atoms with Gasteiger partial charge in [0.25, 0.3) is 11.6 Å². The molecule has 8 nitrogen and oxygen atoms in total. The van der Waals surface area contributed by atoms with Gasteiger partial charge in [-0.1, -0.05) is 6.07 Å². The summed E-state index contributed by atoms with van der Waals surface area (Å²) in [6, 6.07) is 2.80. The number of nitrogens with zero attached hydrogens (tertiary/aromatic N) is 2. The minimum atomic E-state index is -1.22. The van der Waals surface area contributed by atoms with Crippen molar-refractivity contribution in [3.63, 3.8) is 0 Å². The van der Waals surface area contributed by atoms with Gasteiger partial charge in [-0.2, -0.15) is 0 Å². The van der Waals surface area contributed by atoms with E-state index in [4.69, 9.17) is 5.11 Å². The maximum absolute atomic E-state index is 12.4. The molecule has 0 spiro atoms. The molecular weight excluding hydrogens is 348 g/mol. The van der Waals surface area contributed by atoms with Crippen molar-refractivity contribution in [2.45, 2.75) is 18.6 Å². The molecule has 0 radical (unpaired) electrons. The molecule has 2 atom stereocenters. The number of aliphatic carboxylic acids is 1. The number of carbonyl (C=O) groups is 2. The first-order valence-corrected chi connectivity index (χ1v) is 6.77. The second-order valence-corrected chi connectivity index (χ2v) is 5.39. The van der Waals surface area contributed by atoms with E-state index in [0.29, 0.717) is 0 Å². The summed E-state index contributed by atoms with van der Waals surface area (Å²) >= 11 is 3.00. The fraction of sp³-hybridized carbons (Fsp3) is 0.333. The molecule has 1 amide bonds. The average molecular weight is 359 g/mol. The van der Waals surface area contributed by atoms with Gasteiger partial charge in [-0.15, -0.1) is 0 Å². The summed E-state index contributed by atoms with van der Waals surface area (Å²) < 4.78 is -0.00877. The number of hydrogen-bond acceptors (Lipinski definition) is 5. The molecule has 1 aliphatic heterocycles. The minimum absolute atomic E-state index is 0.00877. The number of carboxylic acid groups (broad SMARTS) is 1. The maximum Gasteiger partial charge on any atom is 0.326 e. The van der Waals surface area contributed by atoms with Gasteiger partial charge in [0.05, 0.1) is 16.6 Å². The van der Waals surface area contributed by atoms with Crippen LogP contribution < -0.4 is 0 Å². The summed E-state index contributed by atoms with van der Waals surface area (Å²) in [4.78, 5) is 34.8. The lowest BCUT2D eigenvalue weighted by Gasteiger charge is -2.21. The second kappa shape index (κ2) is 5.78. The minimum Gasteiger partial charge on any atom is -0.480 e. The maximum atomic E-state index is 12.4. The topological polar surface area (TPSA) is 121 Å². The predicted molar refractivity (Wildman–Crippen MR) is 73.9 cm³/mol. The van der Waals surface area contributed by atoms with E-state index in [2.05, 4.69) is 15.9 Å². The highest BCUT2D eigenvalue weighted by Crippen LogP contribution is 2.31. The quantitative estimate of drug-likeness (QED) is 0.614. The van der Waals surface area contributed by atoms with Crippen molar-refractivity contribution in [3.8, 4) is 0 Å². The van der Waals surface area contributed by atoms with Crippen molar-refractivity contribution in [2.75, 3.05) is 6.54 Å². The first-order valence-electron chi connectivity index (χ1n) is 5.97. The van der Waals surface area contributed by atoms with Crippen molar-refractivity contribution in [2.24, 2.45) is 0 Å². The lowest BCUT2D eigenvalue weighted by atomic mass is 10.1. The number of carboxylic acids is 1. The summed E-state index contributed by atoms with van der Waals surface area (Å²) in [6.07, 6.45) is -0.985. The normalized spacial score (nSPS) is 21.3. The number of nitro groups is 1. The Labute approximate surface area is 127 Å². The fourth-order valence-corrected chi connectivity index (χ4v) is 2.83. The van der Waals surface area contributed by atoms with Crippen LogP contribution in [0, 0.1) is 10.1 Å². The van der Waals surface area contributed by atoms with Crippen LogP contribution in [-0.4, -0.2) is 50.6 Å². The molecule has 112 valence electrons. The van der Waals surface area contributed by atoms with Crippen LogP contribution in [0.4, 0.5) is 5.69 Å². The van der Waals surface area contributed by atoms with Crippen molar-refractivity contribution in [1.29, 1.82) is 0 Å². The largest absolute Gasteiger partial charge is 0.480 e. The molecular formula is C12H11BrN2O6. The molecule has 9 heteroatoms. The van der Waals surface area contributed by atoms with E-state index in [1.165, 1.54) is 18.2 Å². The first-order chi connectivity index (χ1) is 9.82. The van der Waals surface area contributed by atoms with E-state index in [9.17, 15) is 24.8 Å². The number of carbonyl (C=O) groups excluding carboxylic acids is 1. The number of amides is 1. The number of aliphatic hydroxyl groups excluding tert-OH is 1. The smallest absolute Gasteiger partial charge is 0.326 e. The van der Waals surface area contributed by atoms with Crippen LogP contribution in [0.2, 0.25) is 0 Å². The lowest BCUT2D eigenvalue weighted by Crippen LogP contribution is -2.40. The van der Waals surface area contributed by atoms with Crippen LogP contribution in [-0.2, 0) is 4.79 Å². The summed E-state index contributed by atoms with van der Waals surface area (Å²) in [5.41, 5.74) is -0.294. The van der Waals surface area contributed by atoms with Crippen molar-refractivity contribution < 1.29 is 24.7 Å². The van der Waals surface area contributed by atoms with Crippen LogP contribution in [0.5, 0.6) is 0 Å². The number of rotatable bonds is 3. The molecule has 0 bridgehead atoms. The summed E-state index contributed by atoms with van der Waals surface area (Å²) in [5, 5.41) is 29.5. The van der Waals surface area contributed by atoms with Crippen LogP contribution in [0.3, 0.4) is 0 Å². The Hall–Kier alpha value is -2.00. The van der Waals surface area contributed by atoms with Crippen molar-refractivity contribution in [1.82, 2.24) is 4.90 Å². The van der Waals surface area contributed by atoms with E-state index in [1.54, 1.807) is 0 Å². The molecule has 0 aromatic heterocycles. The fourth-order valence-electron chi connectivity index (χ4n) is 2.25. The van der Waals surface area contributed by atoms with E-state index in [-0.39, 0.29) is 28.7 Å². The highest BCUT2D eigenvalue weighted by atomic mass is 79.9. The van der Waals surface area contributed by atoms with Crippen molar-refractivity contribution in [3.05, 3.63) is 38.3 Å². The molecule has 1 aromatic rings. The molecule has 1 saturated heterocycles. The summed E-state index contributed by atoms with van der Waals surface area (Å²) in [6.45, 7) is -0.120. The highest BCUT2D eigenvalue weighted by molar-refractivity contribution is 9.10. The predicted octanol–water partition coefficient (Wildman–Crippen LogP) is 1.02. The number of benzene rings is 1. The van der Waals surface area contributed by atoms with Gasteiger partial charge in [0, 0.05) is 19.0 Å². The molecule has 0 unspecified atom stereocenters. The molecule has 1 aliphatic rings. The molecule has 2 N–H and O–H groups in total. The van der Waals surface area contributed by atoms with E-state index in [0.717, 1.165) is 4.90 Å². The van der Waals surface area contributed by atoms with Gasteiger partial charge in [0.15, 0.2) is 0 Å². The highest BCUT2D eigenvalue weighted by Gasteiger charge is 2.40. The van der Waals surface area contributed by atoms with Gasteiger partial charge in [0.2, 0.25) is 0 Å². The zero-order valence-electron chi connectivity index (χ0n) is 10.6. The Kier molecular flexibility index (Phi) is 4.24. The lowest BCUT2D eigenvalue weighted by molar-refractivity contribution is -0.385. The Morgan fingerprint density at radius 2 is 2.10 bits per heavy atom. The second-order valence-electron chi connectivity index (χ2n) is 4.60. The number of likely N-dealkylation sites (tertiary alicyclic amines) is 1. The summed E-state index contributed by atoms with van der Waals surface area (Å²) in [5.74, 6) is -1.89. The molecule has 1 heterocycles. The van der Waals surface area contributed by atoms with Crippen molar-refractivity contribution >= 4 is 33.5 Å². The Morgan fingerprint density at radius 3 is 2.67 bits per heavy atom. The zero-order chi connectivity index (χ0) is 15.7. The number of nitro benzene ring substituents is 1. The molecule has 21 heavy (non-hydrogen) atoms. The van der Waals surface area contributed by atoms with Crippen LogP contribution in [0.25, 0.3) is 0 Å². The van der Waals surface area contributed by atoms with Crippen LogP contribution >= 0.6 is 15.9 Å². The molecule has 1 aromatic carbocycles. The molecule has 2 rings (SSSR count). The Bertz CT molecular complexity index is 620. The number of halogens is 1. The third-order valence-corrected chi connectivity index (χ3v) is 4.06. The Morgan fingerprint density at radius 1 is 1.43 bits per heavy atom. The van der Waals surface area contributed by atoms with Gasteiger partial charge >= 0.3 is 5.97 Å². The number of aliphatic hydroxyl groups is 1. The van der Waals surface area contributed by atoms with E-state index < -0.39 is 28.9 Å². The molecule has 0 aliphatic carbocycles. The standard InChI is InChI=1S/C12H11BrN2O6/c13-10-7(2-1-3-8(10)15(20)21)11(17)14-5-6(16)4-9(14)12(18)19/h1-3,6,9,16H,4-5H2,(H,18,19)/t6-,9-/m1/s1. The monoisotopic (exact) mass is 358 g/mol. The third kappa shape index (κ3) is 2.88. The van der Waals surface area contributed by atoms with Gasteiger partial charge in [-0.3, -0.25) is 14.9 Å². The number of β-amino-alcohol motifs (C(OH)–C–C–N with tert-alkyl or cyclic N) is 1. The molecule has 0 saturated carbocycles. The number of hydrogen-bond donors (Lipinski definition) is 2. The van der Waals surface area contributed by atoms with Gasteiger partial charge < -0.3 is 15.1 Å². The average Bonchev–Trinajstić information content (AvgIpc) is 2.80. The zero-order valence-corrected chi connectivity index (χ0v) is 12.2. The van der Waals surface area contributed by atoms with Crippen LogP contribution in [0.1, 0.15) is 16.8 Å². The first kappa shape index (κ1) is 15.4. The summed E-state index contributed by atoms with van der Waals surface area (Å²) in [7, 11) is 0. The van der Waals surface area contributed by atoms with Gasteiger partial charge in [-0.25, -0.2) is 4.79 Å². The third-order valence-electron chi connectivity index (χ3n) is 3.23. The van der Waals surface area contributed by atoms with Gasteiger partial charge in [0.1, 0.15) is 10.5 Å². The van der Waals surface area contributed by atoms with Crippen LogP contribution in [0.15, 0.2) is 22.7 Å². The van der Waals surface area contributed by atoms with Gasteiger partial charge in [-0.05, 0) is 22.0 Å². The Balaban J connectivity index is 2.38. The SMILES string of the molecule is O=C(O)[C@H]1C[C@@H](O)CN1C(=O)c1cccc([N+](=O)[O-])c1Br. The van der Waals surface area contributed by atoms with E-state index >= 15 is 0 Å². The van der Waals surface area contributed by atoms with E-state index in [1.807, 2.05) is 0 Å². The molecule has 1 fully saturated rings.